The third kappa shape index (κ3) is 4.63. The molecule has 0 radical (unpaired) electrons. The lowest BCUT2D eigenvalue weighted by Crippen LogP contribution is -2.44. The molecule has 1 saturated heterocycles. The van der Waals surface area contributed by atoms with Crippen LogP contribution in [0.25, 0.3) is 0 Å². The summed E-state index contributed by atoms with van der Waals surface area (Å²) in [7, 11) is -2.99. The predicted molar refractivity (Wildman–Crippen MR) is 66.9 cm³/mol. The van der Waals surface area contributed by atoms with Crippen LogP contribution >= 0.6 is 0 Å². The highest BCUT2D eigenvalue weighted by molar-refractivity contribution is 7.88. The summed E-state index contributed by atoms with van der Waals surface area (Å²) >= 11 is 0. The van der Waals surface area contributed by atoms with Crippen molar-refractivity contribution in [2.75, 3.05) is 25.9 Å². The molecule has 0 bridgehead atoms. The maximum atomic E-state index is 11.3. The largest absolute Gasteiger partial charge is 0.310 e. The molecule has 1 rings (SSSR count). The van der Waals surface area contributed by atoms with Crippen LogP contribution in [-0.2, 0) is 10.0 Å². The van der Waals surface area contributed by atoms with Crippen molar-refractivity contribution in [3.05, 3.63) is 11.6 Å². The Hall–Kier alpha value is -0.390. The van der Waals surface area contributed by atoms with Crippen molar-refractivity contribution in [3.8, 4) is 0 Å². The lowest BCUT2D eigenvalue weighted by atomic mass is 10.1. The third-order valence-electron chi connectivity index (χ3n) is 2.84. The number of sulfonamides is 1. The number of allylic oxidation sites excluding steroid dienone is 1. The first kappa shape index (κ1) is 13.7. The average Bonchev–Trinajstić information content (AvgIpc) is 2.16. The molecule has 1 fully saturated rings. The summed E-state index contributed by atoms with van der Waals surface area (Å²) in [6.45, 7) is 6.32. The van der Waals surface area contributed by atoms with Crippen LogP contribution < -0.4 is 5.32 Å². The van der Waals surface area contributed by atoms with E-state index in [1.165, 1.54) is 11.8 Å². The van der Waals surface area contributed by atoms with Crippen LogP contribution in [0.4, 0.5) is 0 Å². The molecule has 1 heterocycles. The van der Waals surface area contributed by atoms with Gasteiger partial charge in [-0.1, -0.05) is 11.6 Å². The number of hydrogen-bond acceptors (Lipinski definition) is 3. The first-order chi connectivity index (χ1) is 7.39. The van der Waals surface area contributed by atoms with Crippen LogP contribution in [0.2, 0.25) is 0 Å². The summed E-state index contributed by atoms with van der Waals surface area (Å²) in [6, 6.07) is 0.452. The Kier molecular flexibility index (Phi) is 4.95. The van der Waals surface area contributed by atoms with Gasteiger partial charge in [0.15, 0.2) is 0 Å². The number of hydrogen-bond donors (Lipinski definition) is 1. The van der Waals surface area contributed by atoms with Gasteiger partial charge < -0.3 is 5.32 Å². The fourth-order valence-corrected chi connectivity index (χ4v) is 2.70. The van der Waals surface area contributed by atoms with E-state index in [1.54, 1.807) is 4.31 Å². The Morgan fingerprint density at radius 3 is 2.38 bits per heavy atom. The molecular weight excluding hydrogens is 224 g/mol. The number of rotatable bonds is 4. The van der Waals surface area contributed by atoms with Gasteiger partial charge in [-0.3, -0.25) is 0 Å². The van der Waals surface area contributed by atoms with Crippen LogP contribution in [0, 0.1) is 0 Å². The summed E-state index contributed by atoms with van der Waals surface area (Å²) < 4.78 is 24.1. The molecule has 0 amide bonds. The van der Waals surface area contributed by atoms with Crippen molar-refractivity contribution in [2.45, 2.75) is 32.7 Å². The molecule has 5 heteroatoms. The number of nitrogens with zero attached hydrogens (tertiary/aromatic N) is 1. The van der Waals surface area contributed by atoms with Crippen molar-refractivity contribution in [1.29, 1.82) is 0 Å². The standard InChI is InChI=1S/C11H22N2O2S/c1-10(2)4-7-12-11-5-8-13(9-6-11)16(3,14)15/h4,11-12H,5-9H2,1-3H3. The first-order valence-electron chi connectivity index (χ1n) is 5.71. The van der Waals surface area contributed by atoms with Gasteiger partial charge in [0.05, 0.1) is 6.26 Å². The number of piperidine rings is 1. The third-order valence-corrected chi connectivity index (χ3v) is 4.14. The average molecular weight is 246 g/mol. The van der Waals surface area contributed by atoms with E-state index in [0.29, 0.717) is 19.1 Å². The van der Waals surface area contributed by atoms with Gasteiger partial charge in [-0.25, -0.2) is 12.7 Å². The molecule has 16 heavy (non-hydrogen) atoms. The Morgan fingerprint density at radius 2 is 1.94 bits per heavy atom. The summed E-state index contributed by atoms with van der Waals surface area (Å²) in [5, 5.41) is 3.43. The first-order valence-corrected chi connectivity index (χ1v) is 7.56. The van der Waals surface area contributed by atoms with Gasteiger partial charge >= 0.3 is 0 Å². The molecule has 0 spiro atoms. The van der Waals surface area contributed by atoms with Gasteiger partial charge in [-0.2, -0.15) is 0 Å². The van der Waals surface area contributed by atoms with E-state index in [0.717, 1.165) is 19.4 Å². The summed E-state index contributed by atoms with van der Waals surface area (Å²) in [5.41, 5.74) is 1.31. The zero-order valence-electron chi connectivity index (χ0n) is 10.4. The van der Waals surface area contributed by atoms with E-state index in [1.807, 2.05) is 0 Å². The molecule has 1 aliphatic heterocycles. The van der Waals surface area contributed by atoms with Crippen LogP contribution in [0.3, 0.4) is 0 Å². The van der Waals surface area contributed by atoms with Gasteiger partial charge in [0.25, 0.3) is 0 Å². The molecule has 0 unspecified atom stereocenters. The van der Waals surface area contributed by atoms with Gasteiger partial charge in [0, 0.05) is 25.7 Å². The van der Waals surface area contributed by atoms with Crippen molar-refractivity contribution < 1.29 is 8.42 Å². The van der Waals surface area contributed by atoms with Gasteiger partial charge in [0.2, 0.25) is 10.0 Å². The molecule has 0 saturated carbocycles. The minimum Gasteiger partial charge on any atom is -0.310 e. The van der Waals surface area contributed by atoms with Crippen LogP contribution in [-0.4, -0.2) is 44.7 Å². The Morgan fingerprint density at radius 1 is 1.38 bits per heavy atom. The monoisotopic (exact) mass is 246 g/mol. The Bertz CT molecular complexity index is 337. The summed E-state index contributed by atoms with van der Waals surface area (Å²) in [6.07, 6.45) is 5.25. The molecule has 0 aliphatic carbocycles. The van der Waals surface area contributed by atoms with E-state index in [2.05, 4.69) is 25.2 Å². The van der Waals surface area contributed by atoms with Gasteiger partial charge in [-0.15, -0.1) is 0 Å². The highest BCUT2D eigenvalue weighted by atomic mass is 32.2. The van der Waals surface area contributed by atoms with Crippen molar-refractivity contribution >= 4 is 10.0 Å². The maximum absolute atomic E-state index is 11.3. The minimum absolute atomic E-state index is 0.452. The Labute approximate surface area is 98.8 Å². The molecule has 1 aliphatic rings. The van der Waals surface area contributed by atoms with Crippen LogP contribution in [0.15, 0.2) is 11.6 Å². The zero-order valence-corrected chi connectivity index (χ0v) is 11.2. The summed E-state index contributed by atoms with van der Waals surface area (Å²) in [5.74, 6) is 0. The zero-order chi connectivity index (χ0) is 12.2. The second-order valence-electron chi connectivity index (χ2n) is 4.63. The van der Waals surface area contributed by atoms with E-state index < -0.39 is 10.0 Å². The fraction of sp³-hybridized carbons (Fsp3) is 0.818. The van der Waals surface area contributed by atoms with Crippen LogP contribution in [0.1, 0.15) is 26.7 Å². The van der Waals surface area contributed by atoms with E-state index in [-0.39, 0.29) is 0 Å². The molecule has 94 valence electrons. The smallest absolute Gasteiger partial charge is 0.211 e. The summed E-state index contributed by atoms with van der Waals surface area (Å²) in [4.78, 5) is 0. The maximum Gasteiger partial charge on any atom is 0.211 e. The minimum atomic E-state index is -2.99. The normalized spacial score (nSPS) is 19.7. The lowest BCUT2D eigenvalue weighted by molar-refractivity contribution is 0.296. The highest BCUT2D eigenvalue weighted by Gasteiger charge is 2.23. The molecule has 0 aromatic rings. The molecule has 4 nitrogen and oxygen atoms in total. The molecular formula is C11H22N2O2S. The second-order valence-corrected chi connectivity index (χ2v) is 6.61. The number of nitrogens with one attached hydrogen (secondary N) is 1. The predicted octanol–water partition coefficient (Wildman–Crippen LogP) is 0.966. The molecule has 1 N–H and O–H groups in total. The fourth-order valence-electron chi connectivity index (χ4n) is 1.82. The highest BCUT2D eigenvalue weighted by Crippen LogP contribution is 2.12. The molecule has 0 aromatic heterocycles. The van der Waals surface area contributed by atoms with Crippen molar-refractivity contribution in [2.24, 2.45) is 0 Å². The van der Waals surface area contributed by atoms with E-state index >= 15 is 0 Å². The molecule has 0 atom stereocenters. The Balaban J connectivity index is 2.30. The van der Waals surface area contributed by atoms with Crippen LogP contribution in [0.5, 0.6) is 0 Å². The quantitative estimate of drug-likeness (QED) is 0.752. The lowest BCUT2D eigenvalue weighted by Gasteiger charge is -2.30. The topological polar surface area (TPSA) is 49.4 Å². The van der Waals surface area contributed by atoms with Gasteiger partial charge in [0.1, 0.15) is 0 Å². The van der Waals surface area contributed by atoms with E-state index in [4.69, 9.17) is 0 Å². The SMILES string of the molecule is CC(C)=CCNC1CCN(S(C)(=O)=O)CC1. The van der Waals surface area contributed by atoms with Gasteiger partial charge in [-0.05, 0) is 26.7 Å². The second kappa shape index (κ2) is 5.80. The van der Waals surface area contributed by atoms with Crippen molar-refractivity contribution in [3.63, 3.8) is 0 Å². The van der Waals surface area contributed by atoms with E-state index in [9.17, 15) is 8.42 Å². The van der Waals surface area contributed by atoms with Crippen molar-refractivity contribution in [1.82, 2.24) is 9.62 Å². The molecule has 0 aromatic carbocycles.